The maximum Gasteiger partial charge on any atom is 0.0372 e. The van der Waals surface area contributed by atoms with Crippen molar-refractivity contribution < 1.29 is 0 Å². The van der Waals surface area contributed by atoms with Crippen LogP contribution >= 0.6 is 0 Å². The van der Waals surface area contributed by atoms with Crippen LogP contribution in [0, 0.1) is 6.92 Å². The molecule has 0 aromatic carbocycles. The van der Waals surface area contributed by atoms with Crippen LogP contribution in [-0.4, -0.2) is 13.4 Å². The molecule has 0 bridgehead atoms. The number of aromatic nitrogens is 1. The minimum Gasteiger partial charge on any atom is -0.261 e. The molecule has 1 heterocycles. The third kappa shape index (κ3) is 2.22. The normalized spacial score (nSPS) is 8.60. The summed E-state index contributed by atoms with van der Waals surface area (Å²) in [5, 5.41) is 0. The van der Waals surface area contributed by atoms with Crippen LogP contribution in [-0.2, 0) is 6.42 Å². The second kappa shape index (κ2) is 4.10. The largest absolute Gasteiger partial charge is 0.261 e. The highest BCUT2D eigenvalue weighted by Gasteiger charge is 1.86. The molecule has 0 aliphatic heterocycles. The fourth-order valence-corrected chi connectivity index (χ4v) is 0.708. The summed E-state index contributed by atoms with van der Waals surface area (Å²) in [5.74, 6) is 0. The number of hydrogen-bond donors (Lipinski definition) is 0. The number of rotatable bonds is 1. The summed E-state index contributed by atoms with van der Waals surface area (Å²) < 4.78 is 0. The Morgan fingerprint density at radius 1 is 1.40 bits per heavy atom. The van der Waals surface area contributed by atoms with Crippen LogP contribution in [0.4, 0.5) is 0 Å². The molecule has 0 spiro atoms. The van der Waals surface area contributed by atoms with E-state index in [-0.39, 0.29) is 8.41 Å². The highest BCUT2D eigenvalue weighted by Crippen LogP contribution is 1.98. The first kappa shape index (κ1) is 9.21. The molecule has 1 nitrogen and oxygen atoms in total. The summed E-state index contributed by atoms with van der Waals surface area (Å²) in [6.45, 7) is 4.13. The van der Waals surface area contributed by atoms with Crippen LogP contribution in [0.2, 0.25) is 0 Å². The third-order valence-corrected chi connectivity index (χ3v) is 1.38. The Labute approximate surface area is 64.1 Å². The van der Waals surface area contributed by atoms with E-state index < -0.39 is 0 Å². The molecule has 0 fully saturated rings. The first-order chi connectivity index (χ1) is 4.33. The lowest BCUT2D eigenvalue weighted by Gasteiger charge is -1.93. The van der Waals surface area contributed by atoms with Crippen molar-refractivity contribution in [1.29, 1.82) is 0 Å². The van der Waals surface area contributed by atoms with E-state index in [1.807, 2.05) is 19.2 Å². The van der Waals surface area contributed by atoms with Crippen LogP contribution < -0.4 is 0 Å². The molecule has 0 aliphatic carbocycles. The van der Waals surface area contributed by atoms with E-state index in [2.05, 4.69) is 18.0 Å². The molecule has 1 aromatic heterocycles. The lowest BCUT2D eigenvalue weighted by Crippen LogP contribution is -1.83. The van der Waals surface area contributed by atoms with E-state index in [9.17, 15) is 0 Å². The molecule has 2 heteroatoms. The number of aryl methyl sites for hydroxylation is 2. The Kier molecular flexibility index (Phi) is 3.78. The summed E-state index contributed by atoms with van der Waals surface area (Å²) in [5.41, 5.74) is 2.40. The van der Waals surface area contributed by atoms with Crippen LogP contribution in [0.15, 0.2) is 18.3 Å². The molecule has 10 heavy (non-hydrogen) atoms. The van der Waals surface area contributed by atoms with Gasteiger partial charge in [0, 0.05) is 20.3 Å². The highest BCUT2D eigenvalue weighted by molar-refractivity contribution is 5.75. The van der Waals surface area contributed by atoms with Gasteiger partial charge in [0.1, 0.15) is 0 Å². The van der Waals surface area contributed by atoms with Gasteiger partial charge in [-0.25, -0.2) is 0 Å². The van der Waals surface area contributed by atoms with Gasteiger partial charge in [-0.05, 0) is 25.0 Å². The second-order valence-corrected chi connectivity index (χ2v) is 2.16. The molecule has 0 atom stereocenters. The third-order valence-electron chi connectivity index (χ3n) is 1.38. The molecule has 0 saturated carbocycles. The monoisotopic (exact) mass is 132 g/mol. The van der Waals surface area contributed by atoms with Gasteiger partial charge in [0.25, 0.3) is 0 Å². The maximum atomic E-state index is 4.15. The van der Waals surface area contributed by atoms with Crippen LogP contribution in [0.25, 0.3) is 0 Å². The summed E-state index contributed by atoms with van der Waals surface area (Å²) >= 11 is 0. The van der Waals surface area contributed by atoms with E-state index in [1.54, 1.807) is 0 Å². The van der Waals surface area contributed by atoms with E-state index in [4.69, 9.17) is 0 Å². The molecular weight excluding hydrogens is 121 g/mol. The lowest BCUT2D eigenvalue weighted by atomic mass is 10.2. The van der Waals surface area contributed by atoms with Gasteiger partial charge in [-0.3, -0.25) is 4.98 Å². The summed E-state index contributed by atoms with van der Waals surface area (Å²) in [4.78, 5) is 4.15. The molecule has 1 aromatic rings. The Hall–Kier alpha value is -0.785. The van der Waals surface area contributed by atoms with Crippen molar-refractivity contribution in [3.63, 3.8) is 0 Å². The number of hydrogen-bond acceptors (Lipinski definition) is 1. The highest BCUT2D eigenvalue weighted by atomic mass is 14.6. The van der Waals surface area contributed by atoms with Gasteiger partial charge < -0.3 is 0 Å². The Morgan fingerprint density at radius 2 is 2.10 bits per heavy atom. The van der Waals surface area contributed by atoms with Gasteiger partial charge in [-0.15, -0.1) is 0 Å². The Morgan fingerprint density at radius 3 is 2.50 bits per heavy atom. The molecule has 0 saturated heterocycles. The van der Waals surface area contributed by atoms with Crippen molar-refractivity contribution in [2.24, 2.45) is 0 Å². The Bertz CT molecular complexity index is 181. The fourth-order valence-electron chi connectivity index (χ4n) is 0.708. The van der Waals surface area contributed by atoms with Crippen molar-refractivity contribution in [3.05, 3.63) is 29.6 Å². The van der Waals surface area contributed by atoms with Gasteiger partial charge in [-0.2, -0.15) is 0 Å². The van der Waals surface area contributed by atoms with Crippen molar-refractivity contribution in [2.75, 3.05) is 0 Å². The topological polar surface area (TPSA) is 12.9 Å². The molecule has 3 radical (unpaired) electrons. The molecule has 0 amide bonds. The number of pyridine rings is 1. The quantitative estimate of drug-likeness (QED) is 0.528. The van der Waals surface area contributed by atoms with Crippen LogP contribution in [0.3, 0.4) is 0 Å². The molecule has 51 valence electrons. The van der Waals surface area contributed by atoms with Crippen molar-refractivity contribution in [2.45, 2.75) is 20.3 Å². The first-order valence-corrected chi connectivity index (χ1v) is 3.24. The minimum atomic E-state index is 0. The smallest absolute Gasteiger partial charge is 0.0372 e. The van der Waals surface area contributed by atoms with E-state index in [0.717, 1.165) is 12.1 Å². The van der Waals surface area contributed by atoms with Crippen LogP contribution in [0.5, 0.6) is 0 Å². The zero-order valence-corrected chi connectivity index (χ0v) is 6.46. The van der Waals surface area contributed by atoms with Crippen molar-refractivity contribution in [3.8, 4) is 0 Å². The predicted octanol–water partition coefficient (Wildman–Crippen LogP) is 1.57. The lowest BCUT2D eigenvalue weighted by molar-refractivity contribution is 1.08. The van der Waals surface area contributed by atoms with E-state index in [0.29, 0.717) is 0 Å². The summed E-state index contributed by atoms with van der Waals surface area (Å²) in [6, 6.07) is 4.15. The predicted molar refractivity (Wildman–Crippen MR) is 44.1 cm³/mol. The zero-order valence-electron chi connectivity index (χ0n) is 6.46. The molecule has 0 unspecified atom stereocenters. The Balaban J connectivity index is 0.000000810. The maximum absolute atomic E-state index is 4.15. The van der Waals surface area contributed by atoms with Gasteiger partial charge in [-0.1, -0.05) is 13.0 Å². The van der Waals surface area contributed by atoms with Crippen molar-refractivity contribution in [1.82, 2.24) is 4.98 Å². The standard InChI is InChI=1S/C8H11N.B/c1-3-8-5-4-7(2)9-6-8;/h4-6H,3H2,1-2H3;. The number of nitrogens with zero attached hydrogens (tertiary/aromatic N) is 1. The summed E-state index contributed by atoms with van der Waals surface area (Å²) in [6.07, 6.45) is 3.00. The van der Waals surface area contributed by atoms with Gasteiger partial charge in [0.05, 0.1) is 0 Å². The second-order valence-electron chi connectivity index (χ2n) is 2.16. The van der Waals surface area contributed by atoms with Gasteiger partial charge in [0.2, 0.25) is 0 Å². The molecular formula is C8H11BN. The average molecular weight is 132 g/mol. The van der Waals surface area contributed by atoms with Crippen LogP contribution in [0.1, 0.15) is 18.2 Å². The summed E-state index contributed by atoms with van der Waals surface area (Å²) in [7, 11) is 0. The van der Waals surface area contributed by atoms with Gasteiger partial charge in [0.15, 0.2) is 0 Å². The first-order valence-electron chi connectivity index (χ1n) is 3.24. The minimum absolute atomic E-state index is 0. The van der Waals surface area contributed by atoms with E-state index >= 15 is 0 Å². The molecule has 0 aliphatic rings. The zero-order chi connectivity index (χ0) is 6.69. The van der Waals surface area contributed by atoms with Gasteiger partial charge >= 0.3 is 0 Å². The SMILES string of the molecule is CCc1ccc(C)nc1.[B]. The molecule has 1 rings (SSSR count). The van der Waals surface area contributed by atoms with Crippen molar-refractivity contribution >= 4 is 8.41 Å². The average Bonchev–Trinajstić information content (AvgIpc) is 1.90. The molecule has 0 N–H and O–H groups in total. The van der Waals surface area contributed by atoms with E-state index in [1.165, 1.54) is 5.56 Å². The fraction of sp³-hybridized carbons (Fsp3) is 0.375.